The van der Waals surface area contributed by atoms with Crippen LogP contribution in [0.3, 0.4) is 0 Å². The van der Waals surface area contributed by atoms with E-state index >= 15 is 0 Å². The number of aryl methyl sites for hydroxylation is 2. The number of nitrogens with zero attached hydrogens (tertiary/aromatic N) is 3. The van der Waals surface area contributed by atoms with E-state index in [0.29, 0.717) is 6.04 Å². The Morgan fingerprint density at radius 1 is 1.04 bits per heavy atom. The summed E-state index contributed by atoms with van der Waals surface area (Å²) >= 11 is 0. The highest BCUT2D eigenvalue weighted by Gasteiger charge is 2.28. The van der Waals surface area contributed by atoms with Gasteiger partial charge in [0, 0.05) is 30.0 Å². The number of rotatable bonds is 4. The van der Waals surface area contributed by atoms with Crippen LogP contribution in [0.2, 0.25) is 0 Å². The fraction of sp³-hybridized carbons (Fsp3) is 0.273. The van der Waals surface area contributed by atoms with Crippen LogP contribution in [0.25, 0.3) is 0 Å². The predicted octanol–water partition coefficient (Wildman–Crippen LogP) is 4.79. The Hall–Kier alpha value is -2.88. The number of aromatic nitrogens is 2. The van der Waals surface area contributed by atoms with E-state index in [9.17, 15) is 0 Å². The number of hydrogen-bond donors (Lipinski definition) is 1. The number of benzene rings is 2. The van der Waals surface area contributed by atoms with E-state index in [2.05, 4.69) is 72.6 Å². The Kier molecular flexibility index (Phi) is 4.33. The first-order valence-electron chi connectivity index (χ1n) is 9.13. The summed E-state index contributed by atoms with van der Waals surface area (Å²) in [7, 11) is 0. The molecule has 1 atom stereocenters. The lowest BCUT2D eigenvalue weighted by molar-refractivity contribution is 0.738. The van der Waals surface area contributed by atoms with Crippen LogP contribution >= 0.6 is 0 Å². The zero-order valence-corrected chi connectivity index (χ0v) is 15.5. The summed E-state index contributed by atoms with van der Waals surface area (Å²) in [6, 6.07) is 19.3. The predicted molar refractivity (Wildman–Crippen MR) is 107 cm³/mol. The van der Waals surface area contributed by atoms with Crippen molar-refractivity contribution in [2.24, 2.45) is 0 Å². The molecule has 2 aromatic carbocycles. The second-order valence-electron chi connectivity index (χ2n) is 7.03. The summed E-state index contributed by atoms with van der Waals surface area (Å²) in [4.78, 5) is 11.8. The molecular weight excluding hydrogens is 320 g/mol. The minimum Gasteiger partial charge on any atom is -0.366 e. The van der Waals surface area contributed by atoms with Gasteiger partial charge in [-0.05, 0) is 49.9 Å². The van der Waals surface area contributed by atoms with Gasteiger partial charge in [-0.3, -0.25) is 0 Å². The maximum atomic E-state index is 4.81. The van der Waals surface area contributed by atoms with Crippen molar-refractivity contribution in [3.05, 3.63) is 77.0 Å². The number of hydrogen-bond acceptors (Lipinski definition) is 4. The molecule has 1 aliphatic heterocycles. The van der Waals surface area contributed by atoms with Crippen molar-refractivity contribution in [1.29, 1.82) is 0 Å². The third kappa shape index (κ3) is 3.15. The van der Waals surface area contributed by atoms with E-state index in [0.717, 1.165) is 30.4 Å². The Morgan fingerprint density at radius 3 is 2.65 bits per heavy atom. The van der Waals surface area contributed by atoms with Crippen LogP contribution in [-0.2, 0) is 13.0 Å². The molecule has 132 valence electrons. The number of anilines is 3. The largest absolute Gasteiger partial charge is 0.366 e. The van der Waals surface area contributed by atoms with Gasteiger partial charge in [-0.25, -0.2) is 4.98 Å². The van der Waals surface area contributed by atoms with Crippen LogP contribution in [0.1, 0.15) is 29.3 Å². The third-order valence-corrected chi connectivity index (χ3v) is 4.99. The lowest BCUT2D eigenvalue weighted by Crippen LogP contribution is -2.26. The van der Waals surface area contributed by atoms with Gasteiger partial charge in [-0.15, -0.1) is 0 Å². The quantitative estimate of drug-likeness (QED) is 0.739. The summed E-state index contributed by atoms with van der Waals surface area (Å²) in [6.07, 6.45) is 1.03. The molecule has 4 nitrogen and oxygen atoms in total. The minimum absolute atomic E-state index is 0.360. The molecule has 0 fully saturated rings. The fourth-order valence-electron chi connectivity index (χ4n) is 3.62. The molecular formula is C22H24N4. The molecule has 0 amide bonds. The molecule has 1 N–H and O–H groups in total. The molecule has 0 aliphatic carbocycles. The van der Waals surface area contributed by atoms with Crippen LogP contribution in [-0.4, -0.2) is 16.0 Å². The molecule has 3 aromatic rings. The lowest BCUT2D eigenvalue weighted by atomic mass is 10.1. The Bertz CT molecular complexity index is 935. The molecule has 0 saturated heterocycles. The van der Waals surface area contributed by atoms with E-state index < -0.39 is 0 Å². The van der Waals surface area contributed by atoms with Gasteiger partial charge >= 0.3 is 0 Å². The van der Waals surface area contributed by atoms with Gasteiger partial charge in [-0.2, -0.15) is 4.98 Å². The summed E-state index contributed by atoms with van der Waals surface area (Å²) in [5.41, 5.74) is 6.12. The topological polar surface area (TPSA) is 41.1 Å². The molecule has 4 heteroatoms. The first-order valence-corrected chi connectivity index (χ1v) is 9.13. The average Bonchev–Trinajstić information content (AvgIpc) is 2.96. The van der Waals surface area contributed by atoms with Crippen LogP contribution in [0, 0.1) is 13.8 Å². The highest BCUT2D eigenvalue weighted by atomic mass is 15.3. The molecule has 0 bridgehead atoms. The summed E-state index contributed by atoms with van der Waals surface area (Å²) in [6.45, 7) is 7.15. The Balaban J connectivity index is 1.62. The van der Waals surface area contributed by atoms with Crippen molar-refractivity contribution in [1.82, 2.24) is 9.97 Å². The minimum atomic E-state index is 0.360. The molecule has 0 saturated carbocycles. The van der Waals surface area contributed by atoms with Crippen molar-refractivity contribution in [2.45, 2.75) is 39.8 Å². The normalized spacial score (nSPS) is 15.8. The number of fused-ring (bicyclic) bond motifs is 1. The van der Waals surface area contributed by atoms with Crippen molar-refractivity contribution in [3.8, 4) is 0 Å². The van der Waals surface area contributed by atoms with Crippen molar-refractivity contribution < 1.29 is 0 Å². The highest BCUT2D eigenvalue weighted by molar-refractivity contribution is 5.67. The number of para-hydroxylation sites is 1. The van der Waals surface area contributed by atoms with Gasteiger partial charge in [0.1, 0.15) is 5.82 Å². The zero-order chi connectivity index (χ0) is 18.1. The molecule has 0 spiro atoms. The number of nitrogens with one attached hydrogen (secondary N) is 1. The Morgan fingerprint density at radius 2 is 1.81 bits per heavy atom. The average molecular weight is 344 g/mol. The summed E-state index contributed by atoms with van der Waals surface area (Å²) < 4.78 is 0. The molecule has 1 aliphatic rings. The molecule has 1 aromatic heterocycles. The van der Waals surface area contributed by atoms with Crippen molar-refractivity contribution in [2.75, 3.05) is 10.2 Å². The van der Waals surface area contributed by atoms with E-state index in [-0.39, 0.29) is 0 Å². The van der Waals surface area contributed by atoms with Gasteiger partial charge in [0.15, 0.2) is 0 Å². The molecule has 26 heavy (non-hydrogen) atoms. The fourth-order valence-corrected chi connectivity index (χ4v) is 3.62. The molecule has 4 rings (SSSR count). The smallest absolute Gasteiger partial charge is 0.232 e. The van der Waals surface area contributed by atoms with Gasteiger partial charge in [0.05, 0.1) is 0 Å². The molecule has 1 unspecified atom stereocenters. The monoisotopic (exact) mass is 344 g/mol. The van der Waals surface area contributed by atoms with E-state index in [1.807, 2.05) is 13.0 Å². The van der Waals surface area contributed by atoms with Gasteiger partial charge < -0.3 is 10.2 Å². The second kappa shape index (κ2) is 6.79. The Labute approximate surface area is 154 Å². The van der Waals surface area contributed by atoms with E-state index in [4.69, 9.17) is 9.97 Å². The van der Waals surface area contributed by atoms with Crippen LogP contribution in [0.4, 0.5) is 17.5 Å². The van der Waals surface area contributed by atoms with Gasteiger partial charge in [-0.1, -0.05) is 42.5 Å². The molecule has 0 radical (unpaired) electrons. The van der Waals surface area contributed by atoms with Crippen LogP contribution in [0.15, 0.2) is 54.6 Å². The van der Waals surface area contributed by atoms with Gasteiger partial charge in [0.2, 0.25) is 5.95 Å². The lowest BCUT2D eigenvalue weighted by Gasteiger charge is -2.23. The van der Waals surface area contributed by atoms with Crippen LogP contribution in [0.5, 0.6) is 0 Å². The van der Waals surface area contributed by atoms with E-state index in [1.54, 1.807) is 0 Å². The summed E-state index contributed by atoms with van der Waals surface area (Å²) in [5, 5.41) is 3.47. The standard InChI is InChI=1S/C22H24N4/c1-15-8-4-5-10-19(15)14-23-21-12-16(2)24-22(25-21)26-17(3)13-18-9-6-7-11-20(18)26/h4-12,17H,13-14H2,1-3H3,(H,23,24,25). The van der Waals surface area contributed by atoms with E-state index in [1.165, 1.54) is 22.4 Å². The van der Waals surface area contributed by atoms with Crippen LogP contribution < -0.4 is 10.2 Å². The highest BCUT2D eigenvalue weighted by Crippen LogP contribution is 2.36. The SMILES string of the molecule is Cc1cc(NCc2ccccc2C)nc(N2c3ccccc3CC2C)n1. The van der Waals surface area contributed by atoms with Gasteiger partial charge in [0.25, 0.3) is 0 Å². The van der Waals surface area contributed by atoms with Crippen molar-refractivity contribution >= 4 is 17.5 Å². The first-order chi connectivity index (χ1) is 12.6. The molecule has 2 heterocycles. The van der Waals surface area contributed by atoms with Crippen molar-refractivity contribution in [3.63, 3.8) is 0 Å². The third-order valence-electron chi connectivity index (χ3n) is 4.99. The first kappa shape index (κ1) is 16.6. The maximum absolute atomic E-state index is 4.81. The second-order valence-corrected chi connectivity index (χ2v) is 7.03. The summed E-state index contributed by atoms with van der Waals surface area (Å²) in [5.74, 6) is 1.64. The zero-order valence-electron chi connectivity index (χ0n) is 15.5. The maximum Gasteiger partial charge on any atom is 0.232 e.